The van der Waals surface area contributed by atoms with Crippen molar-refractivity contribution in [1.29, 1.82) is 0 Å². The van der Waals surface area contributed by atoms with Gasteiger partial charge in [-0.15, -0.1) is 0 Å². The smallest absolute Gasteiger partial charge is 0.258 e. The predicted molar refractivity (Wildman–Crippen MR) is 127 cm³/mol. The fourth-order valence-corrected chi connectivity index (χ4v) is 3.59. The Kier molecular flexibility index (Phi) is 6.68. The van der Waals surface area contributed by atoms with Crippen LogP contribution >= 0.6 is 11.6 Å². The number of aromatic nitrogens is 1. The number of halogens is 1. The Balaban J connectivity index is 1.63. The topological polar surface area (TPSA) is 71.5 Å². The molecule has 1 atom stereocenters. The van der Waals surface area contributed by atoms with E-state index in [1.54, 1.807) is 42.6 Å². The van der Waals surface area contributed by atoms with Crippen molar-refractivity contribution < 1.29 is 14.6 Å². The minimum Gasteiger partial charge on any atom is -0.505 e. The Morgan fingerprint density at radius 1 is 1.06 bits per heavy atom. The van der Waals surface area contributed by atoms with E-state index < -0.39 is 6.04 Å². The van der Waals surface area contributed by atoms with E-state index in [1.165, 1.54) is 0 Å². The number of para-hydroxylation sites is 1. The summed E-state index contributed by atoms with van der Waals surface area (Å²) in [6.07, 6.45) is 5.26. The second-order valence-electron chi connectivity index (χ2n) is 7.11. The number of carbonyl (C=O) groups is 1. The van der Waals surface area contributed by atoms with Crippen LogP contribution in [0.1, 0.15) is 17.2 Å². The molecule has 0 bridgehead atoms. The van der Waals surface area contributed by atoms with Gasteiger partial charge in [0.1, 0.15) is 17.0 Å². The monoisotopic (exact) mass is 444 g/mol. The second kappa shape index (κ2) is 9.98. The number of amides is 1. The first-order valence-electron chi connectivity index (χ1n) is 10.1. The largest absolute Gasteiger partial charge is 0.505 e. The molecule has 5 nitrogen and oxygen atoms in total. The van der Waals surface area contributed by atoms with Crippen molar-refractivity contribution >= 4 is 34.5 Å². The lowest BCUT2D eigenvalue weighted by Gasteiger charge is -2.19. The third-order valence-electron chi connectivity index (χ3n) is 4.89. The molecule has 160 valence electrons. The SMILES string of the molecule is O=C(COc1ccccc1)NC(/C=C/c1ccccc1)c1cc(Cl)c2cccnc2c1O. The van der Waals surface area contributed by atoms with Gasteiger partial charge in [0.25, 0.3) is 5.91 Å². The summed E-state index contributed by atoms with van der Waals surface area (Å²) in [6.45, 7) is -0.167. The van der Waals surface area contributed by atoms with Gasteiger partial charge in [-0.3, -0.25) is 9.78 Å². The molecule has 1 amide bonds. The molecule has 3 aromatic carbocycles. The maximum atomic E-state index is 12.7. The zero-order chi connectivity index (χ0) is 22.3. The third kappa shape index (κ3) is 5.07. The van der Waals surface area contributed by atoms with Crippen LogP contribution in [0.2, 0.25) is 5.02 Å². The van der Waals surface area contributed by atoms with E-state index >= 15 is 0 Å². The van der Waals surface area contributed by atoms with E-state index in [0.29, 0.717) is 27.2 Å². The van der Waals surface area contributed by atoms with E-state index in [4.69, 9.17) is 16.3 Å². The summed E-state index contributed by atoms with van der Waals surface area (Å²) >= 11 is 6.46. The number of hydrogen-bond donors (Lipinski definition) is 2. The Morgan fingerprint density at radius 2 is 1.78 bits per heavy atom. The number of hydrogen-bond acceptors (Lipinski definition) is 4. The zero-order valence-electron chi connectivity index (χ0n) is 17.1. The molecule has 0 fully saturated rings. The van der Waals surface area contributed by atoms with Gasteiger partial charge < -0.3 is 15.2 Å². The van der Waals surface area contributed by atoms with Crippen LogP contribution in [0.5, 0.6) is 11.5 Å². The van der Waals surface area contributed by atoms with E-state index in [1.807, 2.05) is 54.6 Å². The van der Waals surface area contributed by atoms with Crippen molar-refractivity contribution in [3.63, 3.8) is 0 Å². The maximum absolute atomic E-state index is 12.7. The lowest BCUT2D eigenvalue weighted by atomic mass is 10.0. The van der Waals surface area contributed by atoms with E-state index in [9.17, 15) is 9.90 Å². The number of phenols is 1. The first-order valence-corrected chi connectivity index (χ1v) is 10.5. The van der Waals surface area contributed by atoms with Gasteiger partial charge in [0, 0.05) is 17.1 Å². The first kappa shape index (κ1) is 21.4. The molecule has 1 unspecified atom stereocenters. The number of nitrogens with zero attached hydrogens (tertiary/aromatic N) is 1. The van der Waals surface area contributed by atoms with Gasteiger partial charge in [-0.1, -0.05) is 72.3 Å². The molecular weight excluding hydrogens is 424 g/mol. The molecule has 1 heterocycles. The second-order valence-corrected chi connectivity index (χ2v) is 7.52. The van der Waals surface area contributed by atoms with Crippen LogP contribution < -0.4 is 10.1 Å². The predicted octanol–water partition coefficient (Wildman–Crippen LogP) is 5.54. The van der Waals surface area contributed by atoms with Crippen molar-refractivity contribution in [3.8, 4) is 11.5 Å². The molecule has 6 heteroatoms. The van der Waals surface area contributed by atoms with Crippen LogP contribution in [-0.4, -0.2) is 22.6 Å². The van der Waals surface area contributed by atoms with Crippen LogP contribution in [0.15, 0.2) is 91.1 Å². The van der Waals surface area contributed by atoms with E-state index in [-0.39, 0.29) is 18.3 Å². The molecule has 4 aromatic rings. The number of pyridine rings is 1. The molecule has 0 saturated heterocycles. The van der Waals surface area contributed by atoms with E-state index in [2.05, 4.69) is 10.3 Å². The summed E-state index contributed by atoms with van der Waals surface area (Å²) in [4.78, 5) is 16.9. The molecule has 4 rings (SSSR count). The van der Waals surface area contributed by atoms with Gasteiger partial charge in [0.15, 0.2) is 6.61 Å². The minimum absolute atomic E-state index is 0.0306. The highest BCUT2D eigenvalue weighted by molar-refractivity contribution is 6.35. The zero-order valence-corrected chi connectivity index (χ0v) is 17.9. The lowest BCUT2D eigenvalue weighted by molar-refractivity contribution is -0.123. The molecular formula is C26H21ClN2O3. The summed E-state index contributed by atoms with van der Waals surface area (Å²) in [5.41, 5.74) is 1.78. The summed E-state index contributed by atoms with van der Waals surface area (Å²) in [7, 11) is 0. The molecule has 1 aromatic heterocycles. The summed E-state index contributed by atoms with van der Waals surface area (Å²) < 4.78 is 5.55. The number of carbonyl (C=O) groups excluding carboxylic acids is 1. The maximum Gasteiger partial charge on any atom is 0.258 e. The van der Waals surface area contributed by atoms with Crippen LogP contribution in [0.4, 0.5) is 0 Å². The van der Waals surface area contributed by atoms with Gasteiger partial charge in [-0.2, -0.15) is 0 Å². The number of ether oxygens (including phenoxy) is 1. The number of nitrogens with one attached hydrogen (secondary N) is 1. The highest BCUT2D eigenvalue weighted by atomic mass is 35.5. The molecule has 0 aliphatic carbocycles. The van der Waals surface area contributed by atoms with Crippen LogP contribution in [0.3, 0.4) is 0 Å². The number of benzene rings is 3. The summed E-state index contributed by atoms with van der Waals surface area (Å²) in [5.74, 6) is 0.227. The van der Waals surface area contributed by atoms with Crippen molar-refractivity contribution in [2.75, 3.05) is 6.61 Å². The lowest BCUT2D eigenvalue weighted by Crippen LogP contribution is -2.32. The van der Waals surface area contributed by atoms with E-state index in [0.717, 1.165) is 5.56 Å². The molecule has 0 aliphatic heterocycles. The highest BCUT2D eigenvalue weighted by Crippen LogP contribution is 2.36. The standard InChI is InChI=1S/C26H21ClN2O3/c27-22-16-21(26(31)25-20(22)12-7-15-28-25)23(14-13-18-8-3-1-4-9-18)29-24(30)17-32-19-10-5-2-6-11-19/h1-16,23,31H,17H2,(H,29,30)/b14-13+. The van der Waals surface area contributed by atoms with Crippen molar-refractivity contribution in [1.82, 2.24) is 10.3 Å². The third-order valence-corrected chi connectivity index (χ3v) is 5.20. The number of aromatic hydroxyl groups is 1. The number of phenolic OH excluding ortho intramolecular Hbond substituents is 1. The van der Waals surface area contributed by atoms with Gasteiger partial charge in [0.05, 0.1) is 11.1 Å². The Labute approximate surface area is 191 Å². The number of fused-ring (bicyclic) bond motifs is 1. The van der Waals surface area contributed by atoms with Gasteiger partial charge in [0.2, 0.25) is 0 Å². The average molecular weight is 445 g/mol. The van der Waals surface area contributed by atoms with Crippen molar-refractivity contribution in [2.45, 2.75) is 6.04 Å². The summed E-state index contributed by atoms with van der Waals surface area (Å²) in [6, 6.07) is 23.3. The van der Waals surface area contributed by atoms with Crippen LogP contribution in [0, 0.1) is 0 Å². The molecule has 2 N–H and O–H groups in total. The fourth-order valence-electron chi connectivity index (χ4n) is 3.32. The minimum atomic E-state index is -0.647. The quantitative estimate of drug-likeness (QED) is 0.392. The Bertz CT molecular complexity index is 1240. The van der Waals surface area contributed by atoms with Crippen LogP contribution in [0.25, 0.3) is 17.0 Å². The average Bonchev–Trinajstić information content (AvgIpc) is 2.84. The Morgan fingerprint density at radius 3 is 2.53 bits per heavy atom. The van der Waals surface area contributed by atoms with Crippen molar-refractivity contribution in [2.24, 2.45) is 0 Å². The molecule has 0 spiro atoms. The van der Waals surface area contributed by atoms with Gasteiger partial charge >= 0.3 is 0 Å². The Hall–Kier alpha value is -3.83. The summed E-state index contributed by atoms with van der Waals surface area (Å²) in [5, 5.41) is 14.9. The molecule has 0 aliphatic rings. The number of rotatable bonds is 7. The van der Waals surface area contributed by atoms with Gasteiger partial charge in [-0.05, 0) is 35.9 Å². The fraction of sp³-hybridized carbons (Fsp3) is 0.0769. The first-order chi connectivity index (χ1) is 15.6. The molecule has 0 radical (unpaired) electrons. The molecule has 32 heavy (non-hydrogen) atoms. The van der Waals surface area contributed by atoms with Crippen LogP contribution in [-0.2, 0) is 4.79 Å². The van der Waals surface area contributed by atoms with Gasteiger partial charge in [-0.25, -0.2) is 0 Å². The highest BCUT2D eigenvalue weighted by Gasteiger charge is 2.20. The normalized spacial score (nSPS) is 12.0. The van der Waals surface area contributed by atoms with Crippen molar-refractivity contribution in [3.05, 3.63) is 107 Å². The molecule has 0 saturated carbocycles.